The normalized spacial score (nSPS) is 11.9. The lowest BCUT2D eigenvalue weighted by atomic mass is 10.1. The van der Waals surface area contributed by atoms with Gasteiger partial charge in [0.05, 0.1) is 33.3 Å². The first kappa shape index (κ1) is 33.7. The maximum absolute atomic E-state index is 6.51. The summed E-state index contributed by atoms with van der Waals surface area (Å²) in [5, 5.41) is 8.06. The molecule has 0 aliphatic rings. The fraction of sp³-hybridized carbons (Fsp3) is 0. The molecule has 9 aromatic carbocycles. The SMILES string of the molecule is c1ccc(-c2ccc(-n3c4cc5oc6ccccc6c5cc4c4ccc5c(c6ccccc6n5-c5ccc(-c6nc(-c7ccccc7)c7ccccc7n6)cc5)c43)cc2)cc1. The van der Waals surface area contributed by atoms with Crippen LogP contribution in [0.4, 0.5) is 0 Å². The first-order valence-electron chi connectivity index (χ1n) is 20.7. The molecule has 0 fully saturated rings. The van der Waals surface area contributed by atoms with Gasteiger partial charge in [0.2, 0.25) is 0 Å². The van der Waals surface area contributed by atoms with E-state index in [0.29, 0.717) is 5.82 Å². The average molecular weight is 779 g/mol. The minimum atomic E-state index is 0.703. The molecule has 61 heavy (non-hydrogen) atoms. The minimum absolute atomic E-state index is 0.703. The van der Waals surface area contributed by atoms with Gasteiger partial charge in [-0.25, -0.2) is 9.97 Å². The van der Waals surface area contributed by atoms with Crippen LogP contribution in [0, 0.1) is 0 Å². The van der Waals surface area contributed by atoms with Crippen LogP contribution in [0.15, 0.2) is 211 Å². The molecule has 0 spiro atoms. The molecular formula is C56H34N4O. The van der Waals surface area contributed by atoms with Crippen molar-refractivity contribution in [2.45, 2.75) is 0 Å². The summed E-state index contributed by atoms with van der Waals surface area (Å²) in [5.41, 5.74) is 14.7. The molecule has 13 aromatic rings. The molecule has 284 valence electrons. The monoisotopic (exact) mass is 778 g/mol. The largest absolute Gasteiger partial charge is 0.456 e. The van der Waals surface area contributed by atoms with Gasteiger partial charge >= 0.3 is 0 Å². The van der Waals surface area contributed by atoms with Crippen molar-refractivity contribution >= 4 is 76.5 Å². The fourth-order valence-electron chi connectivity index (χ4n) is 9.53. The molecule has 4 heterocycles. The quantitative estimate of drug-likeness (QED) is 0.175. The second-order valence-corrected chi connectivity index (χ2v) is 15.7. The van der Waals surface area contributed by atoms with Gasteiger partial charge in [0, 0.05) is 66.3 Å². The van der Waals surface area contributed by atoms with Crippen LogP contribution in [0.1, 0.15) is 0 Å². The summed E-state index contributed by atoms with van der Waals surface area (Å²) >= 11 is 0. The summed E-state index contributed by atoms with van der Waals surface area (Å²) in [6.07, 6.45) is 0. The molecule has 0 saturated heterocycles. The number of benzene rings is 9. The van der Waals surface area contributed by atoms with Gasteiger partial charge in [0.1, 0.15) is 11.2 Å². The zero-order valence-corrected chi connectivity index (χ0v) is 32.8. The third-order valence-electron chi connectivity index (χ3n) is 12.3. The van der Waals surface area contributed by atoms with E-state index in [9.17, 15) is 0 Å². The smallest absolute Gasteiger partial charge is 0.160 e. The number of hydrogen-bond donors (Lipinski definition) is 0. The van der Waals surface area contributed by atoms with Crippen molar-refractivity contribution in [3.63, 3.8) is 0 Å². The van der Waals surface area contributed by atoms with E-state index in [-0.39, 0.29) is 0 Å². The molecule has 5 nitrogen and oxygen atoms in total. The van der Waals surface area contributed by atoms with E-state index in [1.54, 1.807) is 0 Å². The Bertz CT molecular complexity index is 3840. The standard InChI is InChI=1S/C56H34N4O/c1-3-13-35(14-4-1)36-23-27-40(28-24-36)60-50-34-52-46(41-17-9-12-22-51(41)61-52)33-45(50)42-31-32-49-53(55(42)60)44-19-8-11-21-48(44)59(49)39-29-25-38(26-30-39)56-57-47-20-10-7-18-43(47)54(58-56)37-15-5-2-6-16-37/h1-34H. The van der Waals surface area contributed by atoms with E-state index in [0.717, 1.165) is 77.6 Å². The lowest BCUT2D eigenvalue weighted by Crippen LogP contribution is -1.97. The third-order valence-corrected chi connectivity index (χ3v) is 12.3. The van der Waals surface area contributed by atoms with Crippen molar-refractivity contribution in [3.05, 3.63) is 206 Å². The Morgan fingerprint density at radius 1 is 0.344 bits per heavy atom. The molecule has 4 aromatic heterocycles. The zero-order chi connectivity index (χ0) is 40.0. The second-order valence-electron chi connectivity index (χ2n) is 15.7. The van der Waals surface area contributed by atoms with Crippen molar-refractivity contribution in [1.29, 1.82) is 0 Å². The fourth-order valence-corrected chi connectivity index (χ4v) is 9.53. The second kappa shape index (κ2) is 13.1. The molecule has 0 atom stereocenters. The first-order valence-corrected chi connectivity index (χ1v) is 20.7. The molecule has 13 rings (SSSR count). The summed E-state index contributed by atoms with van der Waals surface area (Å²) in [5.74, 6) is 0.703. The van der Waals surface area contributed by atoms with Gasteiger partial charge in [-0.1, -0.05) is 133 Å². The van der Waals surface area contributed by atoms with Gasteiger partial charge in [-0.2, -0.15) is 0 Å². The highest BCUT2D eigenvalue weighted by molar-refractivity contribution is 6.27. The van der Waals surface area contributed by atoms with Crippen LogP contribution in [0.3, 0.4) is 0 Å². The minimum Gasteiger partial charge on any atom is -0.456 e. The van der Waals surface area contributed by atoms with Gasteiger partial charge in [-0.05, 0) is 77.9 Å². The van der Waals surface area contributed by atoms with Gasteiger partial charge in [0.25, 0.3) is 0 Å². The van der Waals surface area contributed by atoms with Crippen LogP contribution in [0.25, 0.3) is 122 Å². The Kier molecular flexibility index (Phi) is 7.24. The van der Waals surface area contributed by atoms with Gasteiger partial charge < -0.3 is 13.6 Å². The average Bonchev–Trinajstić information content (AvgIpc) is 3.98. The van der Waals surface area contributed by atoms with E-state index >= 15 is 0 Å². The number of rotatable bonds is 5. The van der Waals surface area contributed by atoms with Gasteiger partial charge in [-0.3, -0.25) is 0 Å². The number of aromatic nitrogens is 4. The summed E-state index contributed by atoms with van der Waals surface area (Å²) in [7, 11) is 0. The summed E-state index contributed by atoms with van der Waals surface area (Å²) in [6, 6.07) is 73.1. The number of fused-ring (bicyclic) bond motifs is 11. The molecule has 0 aliphatic carbocycles. The molecule has 5 heteroatoms. The highest BCUT2D eigenvalue weighted by Crippen LogP contribution is 2.44. The first-order chi connectivity index (χ1) is 30.2. The molecule has 0 aliphatic heterocycles. The Balaban J connectivity index is 1.04. The molecule has 0 amide bonds. The van der Waals surface area contributed by atoms with Crippen molar-refractivity contribution in [1.82, 2.24) is 19.1 Å². The Hall–Kier alpha value is -8.28. The zero-order valence-electron chi connectivity index (χ0n) is 32.8. The molecule has 0 saturated carbocycles. The van der Waals surface area contributed by atoms with E-state index in [2.05, 4.69) is 191 Å². The Morgan fingerprint density at radius 3 is 1.75 bits per heavy atom. The van der Waals surface area contributed by atoms with Gasteiger partial charge in [0.15, 0.2) is 5.82 Å². The van der Waals surface area contributed by atoms with Crippen LogP contribution in [0.2, 0.25) is 0 Å². The predicted octanol–water partition coefficient (Wildman–Crippen LogP) is 14.7. The summed E-state index contributed by atoms with van der Waals surface area (Å²) in [4.78, 5) is 10.2. The number of furan rings is 1. The maximum atomic E-state index is 6.51. The number of para-hydroxylation sites is 3. The highest BCUT2D eigenvalue weighted by atomic mass is 16.3. The van der Waals surface area contributed by atoms with E-state index in [1.165, 1.54) is 38.2 Å². The third kappa shape index (κ3) is 5.14. The lowest BCUT2D eigenvalue weighted by Gasteiger charge is -2.12. The summed E-state index contributed by atoms with van der Waals surface area (Å²) in [6.45, 7) is 0. The van der Waals surface area contributed by atoms with Crippen LogP contribution in [-0.2, 0) is 0 Å². The highest BCUT2D eigenvalue weighted by Gasteiger charge is 2.23. The van der Waals surface area contributed by atoms with Crippen molar-refractivity contribution < 1.29 is 4.42 Å². The van der Waals surface area contributed by atoms with Crippen molar-refractivity contribution in [2.24, 2.45) is 0 Å². The number of hydrogen-bond acceptors (Lipinski definition) is 3. The Morgan fingerprint density at radius 2 is 0.967 bits per heavy atom. The maximum Gasteiger partial charge on any atom is 0.160 e. The predicted molar refractivity (Wildman–Crippen MR) is 252 cm³/mol. The molecule has 0 N–H and O–H groups in total. The van der Waals surface area contributed by atoms with Gasteiger partial charge in [-0.15, -0.1) is 0 Å². The van der Waals surface area contributed by atoms with Crippen LogP contribution in [0.5, 0.6) is 0 Å². The van der Waals surface area contributed by atoms with Crippen molar-refractivity contribution in [2.75, 3.05) is 0 Å². The molecule has 0 bridgehead atoms. The van der Waals surface area contributed by atoms with E-state index in [1.807, 2.05) is 24.3 Å². The van der Waals surface area contributed by atoms with E-state index in [4.69, 9.17) is 14.4 Å². The van der Waals surface area contributed by atoms with E-state index < -0.39 is 0 Å². The lowest BCUT2D eigenvalue weighted by molar-refractivity contribution is 0.669. The van der Waals surface area contributed by atoms with Crippen LogP contribution >= 0.6 is 0 Å². The molecular weight excluding hydrogens is 745 g/mol. The topological polar surface area (TPSA) is 48.8 Å². The van der Waals surface area contributed by atoms with Crippen molar-refractivity contribution in [3.8, 4) is 45.1 Å². The Labute approximate surface area is 350 Å². The molecule has 0 radical (unpaired) electrons. The number of nitrogens with zero attached hydrogens (tertiary/aromatic N) is 4. The van der Waals surface area contributed by atoms with Crippen LogP contribution in [-0.4, -0.2) is 19.1 Å². The summed E-state index contributed by atoms with van der Waals surface area (Å²) < 4.78 is 11.3. The molecule has 0 unspecified atom stereocenters. The van der Waals surface area contributed by atoms with Crippen LogP contribution < -0.4 is 0 Å².